The maximum absolute atomic E-state index is 5.54. The van der Waals surface area contributed by atoms with Crippen molar-refractivity contribution in [3.8, 4) is 0 Å². The molecular formula is C21H29NO. The lowest BCUT2D eigenvalue weighted by molar-refractivity contribution is 0.0115. The van der Waals surface area contributed by atoms with Gasteiger partial charge < -0.3 is 4.74 Å². The van der Waals surface area contributed by atoms with Gasteiger partial charge in [0, 0.05) is 20.2 Å². The Morgan fingerprint density at radius 2 is 1.30 bits per heavy atom. The van der Waals surface area contributed by atoms with Gasteiger partial charge in [-0.25, -0.2) is 0 Å². The number of hydrogen-bond acceptors (Lipinski definition) is 2. The minimum absolute atomic E-state index is 0.0365. The van der Waals surface area contributed by atoms with Gasteiger partial charge in [0.25, 0.3) is 0 Å². The molecule has 0 unspecified atom stereocenters. The predicted molar refractivity (Wildman–Crippen MR) is 97.3 cm³/mol. The Labute approximate surface area is 141 Å². The Hall–Kier alpha value is -1.64. The summed E-state index contributed by atoms with van der Waals surface area (Å²) < 4.78 is 5.54. The SMILES string of the molecule is COC(C)(C)CCCN(Cc1ccccc1)Cc1ccccc1. The van der Waals surface area contributed by atoms with E-state index < -0.39 is 0 Å². The van der Waals surface area contributed by atoms with E-state index in [1.54, 1.807) is 7.11 Å². The van der Waals surface area contributed by atoms with E-state index in [0.717, 1.165) is 32.5 Å². The summed E-state index contributed by atoms with van der Waals surface area (Å²) in [6.07, 6.45) is 2.21. The summed E-state index contributed by atoms with van der Waals surface area (Å²) in [5.41, 5.74) is 2.70. The van der Waals surface area contributed by atoms with Crippen LogP contribution in [-0.4, -0.2) is 24.2 Å². The average Bonchev–Trinajstić information content (AvgIpc) is 2.56. The molecule has 124 valence electrons. The first kappa shape index (κ1) is 17.7. The van der Waals surface area contributed by atoms with Crippen molar-refractivity contribution in [3.63, 3.8) is 0 Å². The quantitative estimate of drug-likeness (QED) is 0.653. The lowest BCUT2D eigenvalue weighted by atomic mass is 10.0. The highest BCUT2D eigenvalue weighted by molar-refractivity contribution is 5.17. The second-order valence-electron chi connectivity index (χ2n) is 6.75. The molecule has 0 atom stereocenters. The highest BCUT2D eigenvalue weighted by Gasteiger charge is 2.16. The summed E-state index contributed by atoms with van der Waals surface area (Å²) in [5, 5.41) is 0. The third-order valence-electron chi connectivity index (χ3n) is 4.30. The Morgan fingerprint density at radius 3 is 1.74 bits per heavy atom. The van der Waals surface area contributed by atoms with Crippen molar-refractivity contribution in [2.45, 2.75) is 45.4 Å². The Kier molecular flexibility index (Phi) is 6.82. The lowest BCUT2D eigenvalue weighted by Crippen LogP contribution is -2.28. The summed E-state index contributed by atoms with van der Waals surface area (Å²) in [5.74, 6) is 0. The van der Waals surface area contributed by atoms with E-state index in [2.05, 4.69) is 79.4 Å². The van der Waals surface area contributed by atoms with E-state index in [9.17, 15) is 0 Å². The zero-order chi connectivity index (χ0) is 16.5. The largest absolute Gasteiger partial charge is 0.379 e. The standard InChI is InChI=1S/C21H29NO/c1-21(2,23-3)15-10-16-22(17-19-11-6-4-7-12-19)18-20-13-8-5-9-14-20/h4-9,11-14H,10,15-18H2,1-3H3. The molecule has 2 nitrogen and oxygen atoms in total. The number of ether oxygens (including phenoxy) is 1. The molecule has 0 fully saturated rings. The van der Waals surface area contributed by atoms with Crippen LogP contribution in [0.3, 0.4) is 0 Å². The summed E-state index contributed by atoms with van der Waals surface area (Å²) >= 11 is 0. The smallest absolute Gasteiger partial charge is 0.0623 e. The first-order valence-electron chi connectivity index (χ1n) is 8.44. The first-order chi connectivity index (χ1) is 11.1. The van der Waals surface area contributed by atoms with Gasteiger partial charge in [-0.2, -0.15) is 0 Å². The molecule has 0 radical (unpaired) electrons. The lowest BCUT2D eigenvalue weighted by Gasteiger charge is -2.26. The highest BCUT2D eigenvalue weighted by Crippen LogP contribution is 2.17. The fraction of sp³-hybridized carbons (Fsp3) is 0.429. The second kappa shape index (κ2) is 8.85. The van der Waals surface area contributed by atoms with Gasteiger partial charge in [0.2, 0.25) is 0 Å². The van der Waals surface area contributed by atoms with Gasteiger partial charge in [0.05, 0.1) is 5.60 Å². The van der Waals surface area contributed by atoms with Crippen molar-refractivity contribution in [2.24, 2.45) is 0 Å². The number of hydrogen-bond donors (Lipinski definition) is 0. The maximum Gasteiger partial charge on any atom is 0.0623 e. The minimum atomic E-state index is -0.0365. The first-order valence-corrected chi connectivity index (χ1v) is 8.44. The van der Waals surface area contributed by atoms with Gasteiger partial charge in [-0.3, -0.25) is 4.90 Å². The van der Waals surface area contributed by atoms with Crippen molar-refractivity contribution in [3.05, 3.63) is 71.8 Å². The zero-order valence-electron chi connectivity index (χ0n) is 14.7. The third kappa shape index (κ3) is 6.55. The third-order valence-corrected chi connectivity index (χ3v) is 4.30. The van der Waals surface area contributed by atoms with Crippen LogP contribution in [0, 0.1) is 0 Å². The van der Waals surface area contributed by atoms with Crippen LogP contribution in [0.2, 0.25) is 0 Å². The molecule has 0 amide bonds. The van der Waals surface area contributed by atoms with Gasteiger partial charge >= 0.3 is 0 Å². The summed E-state index contributed by atoms with van der Waals surface area (Å²) in [6.45, 7) is 7.38. The van der Waals surface area contributed by atoms with Crippen molar-refractivity contribution < 1.29 is 4.74 Å². The van der Waals surface area contributed by atoms with Gasteiger partial charge in [0.1, 0.15) is 0 Å². The van der Waals surface area contributed by atoms with Crippen molar-refractivity contribution in [1.29, 1.82) is 0 Å². The van der Waals surface area contributed by atoms with Crippen LogP contribution in [0.5, 0.6) is 0 Å². The van der Waals surface area contributed by atoms with Crippen LogP contribution in [0.4, 0.5) is 0 Å². The number of methoxy groups -OCH3 is 1. The van der Waals surface area contributed by atoms with E-state index in [-0.39, 0.29) is 5.60 Å². The van der Waals surface area contributed by atoms with E-state index in [1.165, 1.54) is 11.1 Å². The summed E-state index contributed by atoms with van der Waals surface area (Å²) in [6, 6.07) is 21.4. The predicted octanol–water partition coefficient (Wildman–Crippen LogP) is 4.89. The number of rotatable bonds is 9. The molecule has 0 aliphatic heterocycles. The molecule has 0 N–H and O–H groups in total. The molecular weight excluding hydrogens is 282 g/mol. The Morgan fingerprint density at radius 1 is 0.826 bits per heavy atom. The number of nitrogens with zero attached hydrogens (tertiary/aromatic N) is 1. The molecule has 0 bridgehead atoms. The minimum Gasteiger partial charge on any atom is -0.379 e. The topological polar surface area (TPSA) is 12.5 Å². The van der Waals surface area contributed by atoms with E-state index in [4.69, 9.17) is 4.74 Å². The molecule has 2 rings (SSSR count). The van der Waals surface area contributed by atoms with Crippen LogP contribution in [-0.2, 0) is 17.8 Å². The van der Waals surface area contributed by atoms with E-state index in [0.29, 0.717) is 0 Å². The maximum atomic E-state index is 5.54. The van der Waals surface area contributed by atoms with Crippen molar-refractivity contribution >= 4 is 0 Å². The molecule has 0 aromatic heterocycles. The molecule has 0 heterocycles. The molecule has 0 saturated heterocycles. The normalized spacial score (nSPS) is 11.8. The molecule has 23 heavy (non-hydrogen) atoms. The fourth-order valence-corrected chi connectivity index (χ4v) is 2.73. The monoisotopic (exact) mass is 311 g/mol. The van der Waals surface area contributed by atoms with Crippen molar-refractivity contribution in [1.82, 2.24) is 4.90 Å². The van der Waals surface area contributed by atoms with Gasteiger partial charge in [-0.05, 0) is 44.4 Å². The van der Waals surface area contributed by atoms with Crippen molar-refractivity contribution in [2.75, 3.05) is 13.7 Å². The van der Waals surface area contributed by atoms with E-state index in [1.807, 2.05) is 0 Å². The molecule has 2 aromatic carbocycles. The second-order valence-corrected chi connectivity index (χ2v) is 6.75. The Bertz CT molecular complexity index is 509. The summed E-state index contributed by atoms with van der Waals surface area (Å²) in [7, 11) is 1.80. The van der Waals surface area contributed by atoms with Gasteiger partial charge in [0.15, 0.2) is 0 Å². The molecule has 0 spiro atoms. The van der Waals surface area contributed by atoms with Crippen LogP contribution in [0.25, 0.3) is 0 Å². The number of benzene rings is 2. The van der Waals surface area contributed by atoms with Gasteiger partial charge in [-0.15, -0.1) is 0 Å². The molecule has 0 aliphatic rings. The van der Waals surface area contributed by atoms with E-state index >= 15 is 0 Å². The highest BCUT2D eigenvalue weighted by atomic mass is 16.5. The van der Waals surface area contributed by atoms with Crippen LogP contribution >= 0.6 is 0 Å². The van der Waals surface area contributed by atoms with Crippen LogP contribution < -0.4 is 0 Å². The Balaban J connectivity index is 1.96. The van der Waals surface area contributed by atoms with Gasteiger partial charge in [-0.1, -0.05) is 60.7 Å². The summed E-state index contributed by atoms with van der Waals surface area (Å²) in [4.78, 5) is 2.52. The van der Waals surface area contributed by atoms with Crippen LogP contribution in [0.1, 0.15) is 37.8 Å². The zero-order valence-corrected chi connectivity index (χ0v) is 14.7. The molecule has 2 aromatic rings. The fourth-order valence-electron chi connectivity index (χ4n) is 2.73. The molecule has 0 saturated carbocycles. The molecule has 0 aliphatic carbocycles. The van der Waals surface area contributed by atoms with Crippen LogP contribution in [0.15, 0.2) is 60.7 Å². The molecule has 2 heteroatoms. The average molecular weight is 311 g/mol.